The van der Waals surface area contributed by atoms with E-state index >= 15 is 0 Å². The summed E-state index contributed by atoms with van der Waals surface area (Å²) < 4.78 is 0. The fourth-order valence-electron chi connectivity index (χ4n) is 7.37. The lowest BCUT2D eigenvalue weighted by Gasteiger charge is -2.42. The van der Waals surface area contributed by atoms with E-state index in [1.54, 1.807) is 0 Å². The van der Waals surface area contributed by atoms with Crippen LogP contribution in [0.2, 0.25) is 0 Å². The molecule has 2 amide bonds. The molecule has 4 aliphatic heterocycles. The van der Waals surface area contributed by atoms with Crippen LogP contribution in [0.4, 0.5) is 0 Å². The predicted molar refractivity (Wildman–Crippen MR) is 160 cm³/mol. The molecule has 0 saturated carbocycles. The van der Waals surface area contributed by atoms with Crippen LogP contribution < -0.4 is 0 Å². The van der Waals surface area contributed by atoms with Crippen LogP contribution in [0.5, 0.6) is 0 Å². The van der Waals surface area contributed by atoms with Gasteiger partial charge in [0.1, 0.15) is 0 Å². The van der Waals surface area contributed by atoms with Crippen molar-refractivity contribution in [3.8, 4) is 0 Å². The molecule has 210 valence electrons. The van der Waals surface area contributed by atoms with Crippen molar-refractivity contribution in [3.05, 3.63) is 83.9 Å². The molecule has 4 heterocycles. The Bertz CT molecular complexity index is 1090. The highest BCUT2D eigenvalue weighted by Gasteiger charge is 2.44. The first-order valence-electron chi connectivity index (χ1n) is 15.1. The van der Waals surface area contributed by atoms with Crippen LogP contribution in [0.15, 0.2) is 72.8 Å². The molecule has 4 aliphatic rings. The second-order valence-corrected chi connectivity index (χ2v) is 11.9. The number of fused-ring (bicyclic) bond motifs is 4. The normalized spacial score (nSPS) is 26.8. The number of hydrogen-bond donors (Lipinski definition) is 0. The molecule has 4 atom stereocenters. The number of carbonyl (C=O) groups is 2. The molecule has 0 aliphatic carbocycles. The van der Waals surface area contributed by atoms with Gasteiger partial charge in [-0.3, -0.25) is 19.4 Å². The van der Waals surface area contributed by atoms with Gasteiger partial charge in [0.05, 0.1) is 0 Å². The fraction of sp³-hybridized carbons (Fsp3) is 0.471. The number of rotatable bonds is 9. The van der Waals surface area contributed by atoms with Gasteiger partial charge >= 0.3 is 0 Å². The Morgan fingerprint density at radius 2 is 0.925 bits per heavy atom. The summed E-state index contributed by atoms with van der Waals surface area (Å²) in [7, 11) is 0. The summed E-state index contributed by atoms with van der Waals surface area (Å²) in [6, 6.07) is 21.9. The summed E-state index contributed by atoms with van der Waals surface area (Å²) in [6.07, 6.45) is 13.8. The fourth-order valence-corrected chi connectivity index (χ4v) is 7.37. The zero-order valence-electron chi connectivity index (χ0n) is 23.5. The van der Waals surface area contributed by atoms with Gasteiger partial charge in [0.25, 0.3) is 0 Å². The molecule has 40 heavy (non-hydrogen) atoms. The Hall–Kier alpha value is -3.22. The average Bonchev–Trinajstić information content (AvgIpc) is 3.41. The molecule has 2 aromatic rings. The maximum Gasteiger partial charge on any atom is 0.223 e. The number of nitrogens with zero attached hydrogens (tertiary/aromatic N) is 4. The van der Waals surface area contributed by atoms with E-state index in [2.05, 4.69) is 92.4 Å². The first-order valence-corrected chi connectivity index (χ1v) is 15.1. The summed E-state index contributed by atoms with van der Waals surface area (Å²) in [5.74, 6) is 0.356. The number of likely N-dealkylation sites (tertiary alicyclic amines) is 2. The summed E-state index contributed by atoms with van der Waals surface area (Å²) in [5.41, 5.74) is 2.44. The van der Waals surface area contributed by atoms with Crippen molar-refractivity contribution in [1.82, 2.24) is 19.6 Å². The van der Waals surface area contributed by atoms with Crippen molar-refractivity contribution in [2.45, 2.75) is 62.7 Å². The van der Waals surface area contributed by atoms with Crippen LogP contribution in [0, 0.1) is 0 Å². The SMILES string of the molecule is O=C(CCC(=O)N1C2CCC1CN(C/C=C/c1ccccc1)C2)N1C2CCC1CN(C/C=C/c1ccccc1)C2. The summed E-state index contributed by atoms with van der Waals surface area (Å²) in [6.45, 7) is 5.55. The maximum absolute atomic E-state index is 13.3. The highest BCUT2D eigenvalue weighted by atomic mass is 16.2. The molecule has 2 aromatic carbocycles. The Balaban J connectivity index is 0.955. The maximum atomic E-state index is 13.3. The lowest BCUT2D eigenvalue weighted by molar-refractivity contribution is -0.143. The van der Waals surface area contributed by atoms with Crippen LogP contribution >= 0.6 is 0 Å². The third kappa shape index (κ3) is 6.24. The van der Waals surface area contributed by atoms with Gasteiger partial charge in [0.15, 0.2) is 0 Å². The molecule has 6 nitrogen and oxygen atoms in total. The van der Waals surface area contributed by atoms with Gasteiger partial charge in [-0.25, -0.2) is 0 Å². The molecule has 6 rings (SSSR count). The first kappa shape index (κ1) is 27.0. The quantitative estimate of drug-likeness (QED) is 0.470. The van der Waals surface area contributed by atoms with Crippen molar-refractivity contribution in [2.24, 2.45) is 0 Å². The summed E-state index contributed by atoms with van der Waals surface area (Å²) in [4.78, 5) is 35.9. The standard InChI is InChI=1S/C34H42N4O2/c39-33(37-29-15-16-30(37)24-35(23-29)21-7-13-27-9-3-1-4-10-27)19-20-34(40)38-31-17-18-32(38)26-36(25-31)22-8-14-28-11-5-2-6-12-28/h1-14,29-32H,15-26H2/b13-7+,14-8+. The third-order valence-electron chi connectivity index (χ3n) is 9.19. The summed E-state index contributed by atoms with van der Waals surface area (Å²) >= 11 is 0. The van der Waals surface area contributed by atoms with Gasteiger partial charge in [0, 0.05) is 76.3 Å². The van der Waals surface area contributed by atoms with Crippen molar-refractivity contribution >= 4 is 24.0 Å². The van der Waals surface area contributed by atoms with Gasteiger partial charge in [-0.2, -0.15) is 0 Å². The number of benzene rings is 2. The second-order valence-electron chi connectivity index (χ2n) is 11.9. The molecule has 0 radical (unpaired) electrons. The van der Waals surface area contributed by atoms with Crippen molar-refractivity contribution in [1.29, 1.82) is 0 Å². The van der Waals surface area contributed by atoms with E-state index < -0.39 is 0 Å². The monoisotopic (exact) mass is 538 g/mol. The summed E-state index contributed by atoms with van der Waals surface area (Å²) in [5, 5.41) is 0. The lowest BCUT2D eigenvalue weighted by atomic mass is 10.1. The number of hydrogen-bond acceptors (Lipinski definition) is 4. The molecule has 4 unspecified atom stereocenters. The smallest absolute Gasteiger partial charge is 0.223 e. The minimum atomic E-state index is 0.178. The molecule has 4 fully saturated rings. The van der Waals surface area contributed by atoms with Crippen LogP contribution in [-0.2, 0) is 9.59 Å². The predicted octanol–water partition coefficient (Wildman–Crippen LogP) is 4.54. The molecular formula is C34H42N4O2. The Kier molecular flexibility index (Phi) is 8.45. The number of piperazine rings is 2. The van der Waals surface area contributed by atoms with Crippen LogP contribution in [0.1, 0.15) is 49.7 Å². The van der Waals surface area contributed by atoms with E-state index in [0.717, 1.165) is 65.0 Å². The van der Waals surface area contributed by atoms with Crippen LogP contribution in [0.3, 0.4) is 0 Å². The van der Waals surface area contributed by atoms with Crippen LogP contribution in [0.25, 0.3) is 12.2 Å². The number of carbonyl (C=O) groups excluding carboxylic acids is 2. The lowest BCUT2D eigenvalue weighted by Crippen LogP contribution is -2.56. The number of amides is 2. The van der Waals surface area contributed by atoms with E-state index in [0.29, 0.717) is 12.8 Å². The zero-order chi connectivity index (χ0) is 27.3. The van der Waals surface area contributed by atoms with Gasteiger partial charge in [-0.05, 0) is 36.8 Å². The minimum Gasteiger partial charge on any atom is -0.334 e. The van der Waals surface area contributed by atoms with Gasteiger partial charge in [0.2, 0.25) is 11.8 Å². The average molecular weight is 539 g/mol. The minimum absolute atomic E-state index is 0.178. The molecular weight excluding hydrogens is 496 g/mol. The molecule has 0 N–H and O–H groups in total. The van der Waals surface area contributed by atoms with E-state index in [9.17, 15) is 9.59 Å². The highest BCUT2D eigenvalue weighted by Crippen LogP contribution is 2.33. The second kappa shape index (κ2) is 12.5. The van der Waals surface area contributed by atoms with Crippen LogP contribution in [-0.4, -0.2) is 94.8 Å². The largest absolute Gasteiger partial charge is 0.334 e. The van der Waals surface area contributed by atoms with E-state index in [-0.39, 0.29) is 36.0 Å². The first-order chi connectivity index (χ1) is 19.6. The van der Waals surface area contributed by atoms with Crippen molar-refractivity contribution in [3.63, 3.8) is 0 Å². The van der Waals surface area contributed by atoms with Gasteiger partial charge < -0.3 is 9.80 Å². The molecule has 4 bridgehead atoms. The Morgan fingerprint density at radius 3 is 1.27 bits per heavy atom. The topological polar surface area (TPSA) is 47.1 Å². The Morgan fingerprint density at radius 1 is 0.575 bits per heavy atom. The van der Waals surface area contributed by atoms with E-state index in [4.69, 9.17) is 0 Å². The van der Waals surface area contributed by atoms with E-state index in [1.165, 1.54) is 11.1 Å². The van der Waals surface area contributed by atoms with Crippen molar-refractivity contribution in [2.75, 3.05) is 39.3 Å². The zero-order valence-corrected chi connectivity index (χ0v) is 23.5. The van der Waals surface area contributed by atoms with E-state index in [1.807, 2.05) is 12.1 Å². The molecule has 0 spiro atoms. The van der Waals surface area contributed by atoms with Gasteiger partial charge in [-0.1, -0.05) is 85.0 Å². The van der Waals surface area contributed by atoms with Crippen molar-refractivity contribution < 1.29 is 9.59 Å². The molecule has 4 saturated heterocycles. The highest BCUT2D eigenvalue weighted by molar-refractivity contribution is 5.85. The third-order valence-corrected chi connectivity index (χ3v) is 9.19. The molecule has 0 aromatic heterocycles. The Labute approximate surface area is 238 Å². The molecule has 6 heteroatoms. The van der Waals surface area contributed by atoms with Gasteiger partial charge in [-0.15, -0.1) is 0 Å².